The van der Waals surface area contributed by atoms with Crippen LogP contribution in [0.3, 0.4) is 0 Å². The Kier molecular flexibility index (Phi) is 24.7. The fraction of sp³-hybridized carbons (Fsp3) is 0.411. The first kappa shape index (κ1) is 64.2. The van der Waals surface area contributed by atoms with Crippen molar-refractivity contribution >= 4 is 94.9 Å². The molecule has 7 aromatic rings. The molecule has 9 rings (SSSR count). The molecule has 4 heterocycles. The molecule has 2 saturated carbocycles. The predicted octanol–water partition coefficient (Wildman–Crippen LogP) is 11.5. The molecule has 80 heavy (non-hydrogen) atoms. The van der Waals surface area contributed by atoms with Crippen LogP contribution < -0.4 is 20.7 Å². The molecule has 0 aliphatic heterocycles. The average molecular weight is 1250 g/mol. The molecule has 3 aromatic carbocycles. The number of ether oxygens (including phenoxy) is 2. The van der Waals surface area contributed by atoms with Crippen LogP contribution in [-0.2, 0) is 59.6 Å². The molecule has 20 nitrogen and oxygen atoms in total. The van der Waals surface area contributed by atoms with Gasteiger partial charge in [-0.2, -0.15) is 15.0 Å². The number of aliphatic carboxylic acids is 2. The van der Waals surface area contributed by atoms with Crippen LogP contribution in [0.4, 0.5) is 23.3 Å². The molecule has 0 saturated heterocycles. The number of methoxy groups -OCH3 is 1. The normalized spacial score (nSPS) is 13.7. The molecule has 0 radical (unpaired) electrons. The number of carboxylic acid groups (broad SMARTS) is 2. The van der Waals surface area contributed by atoms with E-state index in [1.165, 1.54) is 46.9 Å². The van der Waals surface area contributed by atoms with Crippen molar-refractivity contribution in [2.75, 3.05) is 29.7 Å². The van der Waals surface area contributed by atoms with Crippen molar-refractivity contribution in [2.45, 2.75) is 146 Å². The average Bonchev–Trinajstić information content (AvgIpc) is 4.06. The van der Waals surface area contributed by atoms with E-state index in [-0.39, 0.29) is 53.2 Å². The summed E-state index contributed by atoms with van der Waals surface area (Å²) < 4.78 is 66.4. The molecule has 24 heteroatoms. The summed E-state index contributed by atoms with van der Waals surface area (Å²) >= 11 is 6.12. The maximum Gasteiger partial charge on any atom is 0.305 e. The summed E-state index contributed by atoms with van der Waals surface area (Å²) in [6.07, 6.45) is 18.6. The molecule has 434 valence electrons. The van der Waals surface area contributed by atoms with Crippen molar-refractivity contribution in [3.8, 4) is 5.75 Å². The fourth-order valence-corrected chi connectivity index (χ4v) is 11.7. The molecule has 2 aliphatic carbocycles. The van der Waals surface area contributed by atoms with Gasteiger partial charge in [0.1, 0.15) is 17.4 Å². The smallest absolute Gasteiger partial charge is 0.305 e. The number of aromatic nitrogens is 6. The van der Waals surface area contributed by atoms with Gasteiger partial charge in [0.05, 0.1) is 34.3 Å². The van der Waals surface area contributed by atoms with Gasteiger partial charge in [-0.15, -0.1) is 0 Å². The molecule has 0 amide bonds. The number of halogens is 1. The summed E-state index contributed by atoms with van der Waals surface area (Å²) in [6.45, 7) is 6.59. The summed E-state index contributed by atoms with van der Waals surface area (Å²) in [7, 11) is -6.23. The molecule has 0 atom stereocenters. The van der Waals surface area contributed by atoms with Gasteiger partial charge in [-0.25, -0.2) is 29.8 Å². The number of rotatable bonds is 18. The number of carbonyl (C=O) groups is 3. The minimum atomic E-state index is -3.87. The Morgan fingerprint density at radius 1 is 0.613 bits per heavy atom. The standard InChI is InChI=1S/C33H41N5O5S.C19H21ClN4O2S.2C2H4O2.Pd/c1-24-13-19-28(20-14-24)44(40,41)38-22-21-29-31(34-25-10-6-5-7-11-25)36-33(37-32(29)38)35-26-15-17-27(18-16-26)43-23-9-4-3-8-12-30(39)42-2;1-13-7-9-15(10-8-13)27(25,26)24-12-11-16-17(22-19(20)23-18(16)24)21-14-5-3-2-4-6-14;2*1-2(3)4;/h13-22,25H,3-12,23H2,1-2H3,(H2,34,35,36,37);7-12,14H,2-6H2,1H3,(H,21,22,23);2*1H3,(H,3,4);. The first-order valence-corrected chi connectivity index (χ1v) is 29.6. The first-order valence-electron chi connectivity index (χ1n) is 26.3. The Morgan fingerprint density at radius 3 is 1.51 bits per heavy atom. The Morgan fingerprint density at radius 2 is 1.05 bits per heavy atom. The van der Waals surface area contributed by atoms with Gasteiger partial charge in [-0.05, 0) is 125 Å². The minimum Gasteiger partial charge on any atom is -0.494 e. The van der Waals surface area contributed by atoms with Crippen molar-refractivity contribution in [3.63, 3.8) is 0 Å². The molecule has 2 aliphatic rings. The zero-order valence-electron chi connectivity index (χ0n) is 45.5. The number of nitrogens with zero attached hydrogens (tertiary/aromatic N) is 6. The zero-order valence-corrected chi connectivity index (χ0v) is 49.4. The second kappa shape index (κ2) is 30.8. The van der Waals surface area contributed by atoms with E-state index < -0.39 is 32.0 Å². The molecule has 2 fully saturated rings. The van der Waals surface area contributed by atoms with E-state index in [2.05, 4.69) is 35.6 Å². The third-order valence-corrected chi connectivity index (χ3v) is 16.5. The van der Waals surface area contributed by atoms with Crippen molar-refractivity contribution in [1.82, 2.24) is 27.9 Å². The molecule has 0 unspecified atom stereocenters. The number of carbonyl (C=O) groups excluding carboxylic acids is 1. The third kappa shape index (κ3) is 18.7. The quantitative estimate of drug-likeness (QED) is 0.0231. The van der Waals surface area contributed by atoms with Crippen LogP contribution >= 0.6 is 11.6 Å². The van der Waals surface area contributed by atoms with Crippen LogP contribution in [0.5, 0.6) is 5.75 Å². The van der Waals surface area contributed by atoms with Gasteiger partial charge >= 0.3 is 5.97 Å². The van der Waals surface area contributed by atoms with Crippen molar-refractivity contribution in [2.24, 2.45) is 0 Å². The maximum absolute atomic E-state index is 13.7. The van der Waals surface area contributed by atoms with E-state index in [1.54, 1.807) is 66.9 Å². The Hall–Kier alpha value is -6.64. The number of unbranched alkanes of at least 4 members (excludes halogenated alkanes) is 3. The molecule has 0 bridgehead atoms. The molecule has 5 N–H and O–H groups in total. The number of aryl methyl sites for hydroxylation is 2. The summed E-state index contributed by atoms with van der Waals surface area (Å²) in [4.78, 5) is 47.6. The van der Waals surface area contributed by atoms with E-state index in [4.69, 9.17) is 41.1 Å². The van der Waals surface area contributed by atoms with Gasteiger partial charge in [-0.3, -0.25) is 14.4 Å². The number of anilines is 4. The predicted molar refractivity (Wildman–Crippen MR) is 306 cm³/mol. The fourth-order valence-electron chi connectivity index (χ4n) is 8.93. The van der Waals surface area contributed by atoms with Gasteiger partial charge in [0, 0.05) is 70.9 Å². The van der Waals surface area contributed by atoms with E-state index in [1.807, 2.05) is 38.1 Å². The molecular weight excluding hydrogens is 1180 g/mol. The second-order valence-corrected chi connectivity index (χ2v) is 23.3. The number of esters is 1. The number of benzene rings is 3. The van der Waals surface area contributed by atoms with Gasteiger partial charge in [-0.1, -0.05) is 86.8 Å². The second-order valence-electron chi connectivity index (χ2n) is 19.3. The molecular formula is C56H70ClN9O11PdS2. The third-order valence-electron chi connectivity index (χ3n) is 12.9. The zero-order chi connectivity index (χ0) is 57.1. The number of hydrogen-bond donors (Lipinski definition) is 5. The molecule has 0 spiro atoms. The van der Waals surface area contributed by atoms with Gasteiger partial charge in [0.25, 0.3) is 32.0 Å². The Balaban J connectivity index is 0.000000277. The van der Waals surface area contributed by atoms with Gasteiger partial charge in [0.15, 0.2) is 11.3 Å². The van der Waals surface area contributed by atoms with Crippen LogP contribution in [0.25, 0.3) is 22.1 Å². The van der Waals surface area contributed by atoms with Gasteiger partial charge < -0.3 is 35.6 Å². The van der Waals surface area contributed by atoms with Crippen LogP contribution in [0.1, 0.15) is 121 Å². The van der Waals surface area contributed by atoms with Crippen molar-refractivity contribution in [1.29, 1.82) is 0 Å². The molecule has 4 aromatic heterocycles. The summed E-state index contributed by atoms with van der Waals surface area (Å²) in [5.41, 5.74) is 3.33. The topological polar surface area (TPSA) is 276 Å². The Labute approximate surface area is 486 Å². The summed E-state index contributed by atoms with van der Waals surface area (Å²) in [5, 5.41) is 26.4. The van der Waals surface area contributed by atoms with Crippen LogP contribution in [-0.4, -0.2) is 98.6 Å². The number of nitrogens with one attached hydrogen (secondary N) is 3. The Bertz CT molecular complexity index is 3350. The monoisotopic (exact) mass is 1250 g/mol. The number of carboxylic acids is 2. The largest absolute Gasteiger partial charge is 0.494 e. The van der Waals surface area contributed by atoms with Crippen LogP contribution in [0.2, 0.25) is 5.28 Å². The van der Waals surface area contributed by atoms with Gasteiger partial charge in [0.2, 0.25) is 11.2 Å². The van der Waals surface area contributed by atoms with E-state index >= 15 is 0 Å². The van der Waals surface area contributed by atoms with Crippen LogP contribution in [0.15, 0.2) is 107 Å². The van der Waals surface area contributed by atoms with E-state index in [9.17, 15) is 21.6 Å². The minimum absolute atomic E-state index is 0. The van der Waals surface area contributed by atoms with Crippen molar-refractivity contribution < 1.29 is 71.3 Å². The summed E-state index contributed by atoms with van der Waals surface area (Å²) in [6, 6.07) is 25.2. The maximum atomic E-state index is 13.7. The SMILES string of the molecule is CC(=O)O.CC(=O)O.COC(=O)CCCCCCOc1ccc(Nc2nc(NC3CCCCC3)c3ccn(S(=O)(=O)c4ccc(C)cc4)c3n2)cc1.Cc1ccc(S(=O)(=O)n2ccc3c(NC4CCCCC4)nc(Cl)nc32)cc1.[Pd]. The van der Waals surface area contributed by atoms with Crippen molar-refractivity contribution in [3.05, 3.63) is 114 Å². The van der Waals surface area contributed by atoms with Crippen LogP contribution in [0, 0.1) is 13.8 Å². The van der Waals surface area contributed by atoms with E-state index in [0.717, 1.165) is 101 Å². The summed E-state index contributed by atoms with van der Waals surface area (Å²) in [5.74, 6) is 0.427. The number of hydrogen-bond acceptors (Lipinski definition) is 16. The van der Waals surface area contributed by atoms with E-state index in [0.29, 0.717) is 53.1 Å². The first-order chi connectivity index (χ1) is 37.7. The number of fused-ring (bicyclic) bond motifs is 2.